The summed E-state index contributed by atoms with van der Waals surface area (Å²) < 4.78 is 5.31. The number of morpholine rings is 1. The van der Waals surface area contributed by atoms with Crippen molar-refractivity contribution in [3.05, 3.63) is 73.6 Å². The highest BCUT2D eigenvalue weighted by Crippen LogP contribution is 2.36. The van der Waals surface area contributed by atoms with Crippen molar-refractivity contribution in [2.24, 2.45) is 0 Å². The molecule has 0 saturated carbocycles. The first-order valence-electron chi connectivity index (χ1n) is 9.54. The number of thioether (sulfide) groups is 1. The second-order valence-electron chi connectivity index (χ2n) is 6.96. The number of halogens is 1. The van der Waals surface area contributed by atoms with E-state index in [1.54, 1.807) is 36.4 Å². The van der Waals surface area contributed by atoms with Gasteiger partial charge in [-0.1, -0.05) is 35.9 Å². The molecule has 0 radical (unpaired) electrons. The lowest BCUT2D eigenvalue weighted by atomic mass is 10.1. The van der Waals surface area contributed by atoms with Crippen molar-refractivity contribution < 1.29 is 19.2 Å². The molecule has 0 aromatic heterocycles. The summed E-state index contributed by atoms with van der Waals surface area (Å²) in [6.45, 7) is 2.23. The second kappa shape index (κ2) is 9.09. The van der Waals surface area contributed by atoms with Gasteiger partial charge in [-0.3, -0.25) is 24.6 Å². The van der Waals surface area contributed by atoms with Gasteiger partial charge in [-0.2, -0.15) is 0 Å². The fourth-order valence-corrected chi connectivity index (χ4v) is 4.47. The van der Waals surface area contributed by atoms with Crippen molar-refractivity contribution in [2.75, 3.05) is 31.2 Å². The summed E-state index contributed by atoms with van der Waals surface area (Å²) in [5, 5.41) is 11.7. The van der Waals surface area contributed by atoms with Gasteiger partial charge in [0.25, 0.3) is 16.8 Å². The average molecular weight is 460 g/mol. The molecule has 8 nitrogen and oxygen atoms in total. The second-order valence-corrected chi connectivity index (χ2v) is 8.36. The van der Waals surface area contributed by atoms with Gasteiger partial charge < -0.3 is 9.64 Å². The van der Waals surface area contributed by atoms with Crippen LogP contribution in [-0.2, 0) is 16.1 Å². The molecule has 0 aliphatic carbocycles. The molecule has 2 fully saturated rings. The van der Waals surface area contributed by atoms with E-state index in [1.165, 1.54) is 12.1 Å². The molecule has 4 rings (SSSR count). The summed E-state index contributed by atoms with van der Waals surface area (Å²) in [6.07, 6.45) is 1.51. The minimum atomic E-state index is -0.449. The van der Waals surface area contributed by atoms with Crippen molar-refractivity contribution in [1.29, 1.82) is 0 Å². The summed E-state index contributed by atoms with van der Waals surface area (Å²) in [7, 11) is 0. The Kier molecular flexibility index (Phi) is 6.26. The SMILES string of the molecule is O=C1S/C(=C/c2ccc(N3CCOCC3)c([N+](=O)[O-])c2)C(=O)N1Cc1ccccc1Cl. The third-order valence-electron chi connectivity index (χ3n) is 5.01. The highest BCUT2D eigenvalue weighted by Gasteiger charge is 2.35. The Morgan fingerprint density at radius 1 is 1.16 bits per heavy atom. The van der Waals surface area contributed by atoms with Gasteiger partial charge in [-0.25, -0.2) is 0 Å². The predicted octanol–water partition coefficient (Wildman–Crippen LogP) is 4.32. The number of imide groups is 1. The molecule has 2 aliphatic heterocycles. The largest absolute Gasteiger partial charge is 0.378 e. The third-order valence-corrected chi connectivity index (χ3v) is 6.28. The van der Waals surface area contributed by atoms with E-state index in [9.17, 15) is 19.7 Å². The van der Waals surface area contributed by atoms with Gasteiger partial charge in [0.05, 0.1) is 29.6 Å². The van der Waals surface area contributed by atoms with Crippen LogP contribution in [0.25, 0.3) is 6.08 Å². The Bertz CT molecular complexity index is 1080. The number of hydrogen-bond acceptors (Lipinski definition) is 7. The molecule has 0 unspecified atom stereocenters. The molecule has 2 amide bonds. The number of ether oxygens (including phenoxy) is 1. The number of hydrogen-bond donors (Lipinski definition) is 0. The van der Waals surface area contributed by atoms with E-state index in [0.717, 1.165) is 16.7 Å². The maximum atomic E-state index is 12.8. The van der Waals surface area contributed by atoms with Crippen LogP contribution in [0.5, 0.6) is 0 Å². The van der Waals surface area contributed by atoms with E-state index >= 15 is 0 Å². The first-order chi connectivity index (χ1) is 14.9. The zero-order chi connectivity index (χ0) is 22.0. The molecule has 2 aromatic rings. The molecule has 0 bridgehead atoms. The number of nitro groups is 1. The molecule has 2 heterocycles. The van der Waals surface area contributed by atoms with Crippen molar-refractivity contribution in [2.45, 2.75) is 6.54 Å². The van der Waals surface area contributed by atoms with Gasteiger partial charge in [0, 0.05) is 24.2 Å². The van der Waals surface area contributed by atoms with Crippen molar-refractivity contribution in [3.63, 3.8) is 0 Å². The molecule has 0 atom stereocenters. The van der Waals surface area contributed by atoms with Crippen LogP contribution >= 0.6 is 23.4 Å². The van der Waals surface area contributed by atoms with E-state index in [2.05, 4.69) is 0 Å². The Morgan fingerprint density at radius 2 is 1.90 bits per heavy atom. The number of rotatable bonds is 5. The molecule has 10 heteroatoms. The summed E-state index contributed by atoms with van der Waals surface area (Å²) in [6, 6.07) is 11.8. The van der Waals surface area contributed by atoms with Crippen molar-refractivity contribution in [3.8, 4) is 0 Å². The van der Waals surface area contributed by atoms with E-state index in [0.29, 0.717) is 48.1 Å². The minimum Gasteiger partial charge on any atom is -0.378 e. The number of amides is 2. The van der Waals surface area contributed by atoms with Crippen molar-refractivity contribution in [1.82, 2.24) is 4.90 Å². The lowest BCUT2D eigenvalue weighted by Gasteiger charge is -2.28. The molecule has 160 valence electrons. The van der Waals surface area contributed by atoms with Crippen molar-refractivity contribution >= 4 is 52.0 Å². The van der Waals surface area contributed by atoms with Gasteiger partial charge in [-0.15, -0.1) is 0 Å². The van der Waals surface area contributed by atoms with Gasteiger partial charge in [-0.05, 0) is 41.1 Å². The van der Waals surface area contributed by atoms with Crippen LogP contribution < -0.4 is 4.90 Å². The quantitative estimate of drug-likeness (QED) is 0.373. The summed E-state index contributed by atoms with van der Waals surface area (Å²) >= 11 is 6.95. The fourth-order valence-electron chi connectivity index (χ4n) is 3.43. The van der Waals surface area contributed by atoms with Crippen LogP contribution in [0.1, 0.15) is 11.1 Å². The van der Waals surface area contributed by atoms with Gasteiger partial charge in [0.2, 0.25) is 0 Å². The smallest absolute Gasteiger partial charge is 0.293 e. The molecule has 31 heavy (non-hydrogen) atoms. The summed E-state index contributed by atoms with van der Waals surface area (Å²) in [4.78, 5) is 39.6. The number of anilines is 1. The molecule has 2 aromatic carbocycles. The maximum absolute atomic E-state index is 12.8. The lowest BCUT2D eigenvalue weighted by Crippen LogP contribution is -2.36. The number of carbonyl (C=O) groups excluding carboxylic acids is 2. The number of carbonyl (C=O) groups is 2. The minimum absolute atomic E-state index is 0.0501. The van der Waals surface area contributed by atoms with Gasteiger partial charge in [0.1, 0.15) is 5.69 Å². The summed E-state index contributed by atoms with van der Waals surface area (Å²) in [5.74, 6) is -0.449. The maximum Gasteiger partial charge on any atom is 0.293 e. The topological polar surface area (TPSA) is 93.0 Å². The van der Waals surface area contributed by atoms with E-state index < -0.39 is 16.1 Å². The van der Waals surface area contributed by atoms with Crippen LogP contribution in [0.2, 0.25) is 5.02 Å². The van der Waals surface area contributed by atoms with Crippen LogP contribution in [-0.4, -0.2) is 47.3 Å². The van der Waals surface area contributed by atoms with E-state index in [4.69, 9.17) is 16.3 Å². The molecule has 2 aliphatic rings. The monoisotopic (exact) mass is 459 g/mol. The normalized spacial score (nSPS) is 18.2. The van der Waals surface area contributed by atoms with Gasteiger partial charge >= 0.3 is 0 Å². The highest BCUT2D eigenvalue weighted by atomic mass is 35.5. The zero-order valence-electron chi connectivity index (χ0n) is 16.3. The standard InChI is InChI=1S/C21H18ClN3O5S/c22-16-4-2-1-3-15(16)13-24-20(26)19(31-21(24)27)12-14-5-6-17(18(11-14)25(28)29)23-7-9-30-10-8-23/h1-6,11-12H,7-10,13H2/b19-12+. The molecule has 0 N–H and O–H groups in total. The Hall–Kier alpha value is -2.88. The first kappa shape index (κ1) is 21.4. The van der Waals surface area contributed by atoms with E-state index in [-0.39, 0.29) is 17.1 Å². The average Bonchev–Trinajstić information content (AvgIpc) is 3.03. The number of nitrogens with zero attached hydrogens (tertiary/aromatic N) is 3. The molecule has 2 saturated heterocycles. The Morgan fingerprint density at radius 3 is 2.61 bits per heavy atom. The van der Waals surface area contributed by atoms with Gasteiger partial charge in [0.15, 0.2) is 0 Å². The van der Waals surface area contributed by atoms with Crippen LogP contribution in [0.3, 0.4) is 0 Å². The number of nitro benzene ring substituents is 1. The lowest BCUT2D eigenvalue weighted by molar-refractivity contribution is -0.384. The summed E-state index contributed by atoms with van der Waals surface area (Å²) in [5.41, 5.74) is 1.60. The number of benzene rings is 2. The third kappa shape index (κ3) is 4.58. The molecule has 0 spiro atoms. The fraction of sp³-hybridized carbons (Fsp3) is 0.238. The Labute approximate surface area is 187 Å². The van der Waals surface area contributed by atoms with E-state index in [1.807, 2.05) is 4.90 Å². The molecular formula is C21H18ClN3O5S. The highest BCUT2D eigenvalue weighted by molar-refractivity contribution is 8.18. The predicted molar refractivity (Wildman–Crippen MR) is 119 cm³/mol. The zero-order valence-corrected chi connectivity index (χ0v) is 17.9. The van der Waals surface area contributed by atoms with Crippen LogP contribution in [0.15, 0.2) is 47.4 Å². The molecular weight excluding hydrogens is 442 g/mol. The van der Waals surface area contributed by atoms with Crippen LogP contribution in [0.4, 0.5) is 16.2 Å². The first-order valence-corrected chi connectivity index (χ1v) is 10.7. The van der Waals surface area contributed by atoms with Crippen LogP contribution in [0, 0.1) is 10.1 Å². The Balaban J connectivity index is 1.58.